The van der Waals surface area contributed by atoms with Crippen LogP contribution < -0.4 is 4.90 Å². The van der Waals surface area contributed by atoms with Gasteiger partial charge in [-0.2, -0.15) is 0 Å². The fourth-order valence-corrected chi connectivity index (χ4v) is 3.99. The van der Waals surface area contributed by atoms with Crippen LogP contribution in [0.3, 0.4) is 0 Å². The number of hydrogen-bond donors (Lipinski definition) is 0. The van der Waals surface area contributed by atoms with E-state index in [1.807, 2.05) is 51.1 Å². The Kier molecular flexibility index (Phi) is 4.78. The van der Waals surface area contributed by atoms with E-state index in [0.29, 0.717) is 17.5 Å². The molecule has 0 fully saturated rings. The molecule has 148 valence electrons. The highest BCUT2D eigenvalue weighted by Gasteiger charge is 2.37. The standard InChI is InChI=1S/C23H23N3O3/c1-13-11-18(23(28)29-4)17-7-5-6-8-21(17)26(13)22(27)16-9-10-19-20(12-16)25-15(3)14(2)24-19/h5-10,12-13,18H,11H2,1-4H3. The van der Waals surface area contributed by atoms with Crippen LogP contribution in [0.25, 0.3) is 11.0 Å². The molecule has 2 unspecified atom stereocenters. The van der Waals surface area contributed by atoms with Crippen molar-refractivity contribution in [1.82, 2.24) is 9.97 Å². The molecule has 0 aliphatic carbocycles. The van der Waals surface area contributed by atoms with E-state index in [1.165, 1.54) is 7.11 Å². The smallest absolute Gasteiger partial charge is 0.313 e. The number of methoxy groups -OCH3 is 1. The van der Waals surface area contributed by atoms with Gasteiger partial charge in [-0.05, 0) is 57.0 Å². The first-order valence-corrected chi connectivity index (χ1v) is 9.66. The summed E-state index contributed by atoms with van der Waals surface area (Å²) in [5, 5.41) is 0. The van der Waals surface area contributed by atoms with Crippen LogP contribution >= 0.6 is 0 Å². The number of aryl methyl sites for hydroxylation is 2. The van der Waals surface area contributed by atoms with Crippen molar-refractivity contribution in [3.63, 3.8) is 0 Å². The normalized spacial score (nSPS) is 18.4. The molecule has 0 N–H and O–H groups in total. The lowest BCUT2D eigenvalue weighted by atomic mass is 9.85. The van der Waals surface area contributed by atoms with Crippen molar-refractivity contribution in [2.75, 3.05) is 12.0 Å². The van der Waals surface area contributed by atoms with Crippen LogP contribution in [-0.2, 0) is 9.53 Å². The molecule has 4 rings (SSSR count). The predicted molar refractivity (Wildman–Crippen MR) is 111 cm³/mol. The van der Waals surface area contributed by atoms with Gasteiger partial charge in [0.2, 0.25) is 0 Å². The topological polar surface area (TPSA) is 72.4 Å². The second-order valence-corrected chi connectivity index (χ2v) is 7.49. The third-order valence-corrected chi connectivity index (χ3v) is 5.62. The Hall–Kier alpha value is -3.28. The largest absolute Gasteiger partial charge is 0.469 e. The Balaban J connectivity index is 1.77. The van der Waals surface area contributed by atoms with Gasteiger partial charge < -0.3 is 9.64 Å². The number of anilines is 1. The highest BCUT2D eigenvalue weighted by Crippen LogP contribution is 2.39. The molecule has 0 saturated heterocycles. The SMILES string of the molecule is COC(=O)C1CC(C)N(C(=O)c2ccc3nc(C)c(C)nc3c2)c2ccccc21. The first kappa shape index (κ1) is 19.1. The first-order chi connectivity index (χ1) is 13.9. The van der Waals surface area contributed by atoms with E-state index in [2.05, 4.69) is 9.97 Å². The zero-order valence-corrected chi connectivity index (χ0v) is 17.0. The summed E-state index contributed by atoms with van der Waals surface area (Å²) in [5.74, 6) is -0.762. The maximum Gasteiger partial charge on any atom is 0.313 e. The number of aromatic nitrogens is 2. The molecule has 1 aliphatic rings. The third-order valence-electron chi connectivity index (χ3n) is 5.62. The van der Waals surface area contributed by atoms with Crippen molar-refractivity contribution in [2.45, 2.75) is 39.2 Å². The van der Waals surface area contributed by atoms with Gasteiger partial charge in [0, 0.05) is 17.3 Å². The van der Waals surface area contributed by atoms with Gasteiger partial charge in [0.1, 0.15) is 0 Å². The van der Waals surface area contributed by atoms with Gasteiger partial charge in [-0.15, -0.1) is 0 Å². The van der Waals surface area contributed by atoms with Crippen LogP contribution in [0.5, 0.6) is 0 Å². The molecule has 0 spiro atoms. The molecule has 0 radical (unpaired) electrons. The van der Waals surface area contributed by atoms with Gasteiger partial charge in [0.25, 0.3) is 5.91 Å². The number of fused-ring (bicyclic) bond motifs is 2. The predicted octanol–water partition coefficient (Wildman–Crippen LogP) is 3.94. The van der Waals surface area contributed by atoms with E-state index < -0.39 is 0 Å². The maximum absolute atomic E-state index is 13.5. The van der Waals surface area contributed by atoms with E-state index in [1.54, 1.807) is 17.0 Å². The minimum atomic E-state index is -0.372. The van der Waals surface area contributed by atoms with Gasteiger partial charge >= 0.3 is 5.97 Å². The van der Waals surface area contributed by atoms with Gasteiger partial charge in [0.15, 0.2) is 0 Å². The summed E-state index contributed by atoms with van der Waals surface area (Å²) < 4.78 is 4.99. The molecule has 2 aromatic carbocycles. The number of carbonyl (C=O) groups excluding carboxylic acids is 2. The highest BCUT2D eigenvalue weighted by molar-refractivity contribution is 6.09. The number of ether oxygens (including phenoxy) is 1. The molecular formula is C23H23N3O3. The molecule has 1 aromatic heterocycles. The molecule has 0 bridgehead atoms. The number of nitrogens with zero attached hydrogens (tertiary/aromatic N) is 3. The van der Waals surface area contributed by atoms with Crippen molar-refractivity contribution < 1.29 is 14.3 Å². The van der Waals surface area contributed by atoms with E-state index in [4.69, 9.17) is 4.74 Å². The number of esters is 1. The molecule has 0 saturated carbocycles. The fourth-order valence-electron chi connectivity index (χ4n) is 3.99. The van der Waals surface area contributed by atoms with Crippen molar-refractivity contribution >= 4 is 28.6 Å². The molecule has 2 atom stereocenters. The minimum absolute atomic E-state index is 0.116. The first-order valence-electron chi connectivity index (χ1n) is 9.66. The van der Waals surface area contributed by atoms with Crippen LogP contribution in [-0.4, -0.2) is 35.0 Å². The van der Waals surface area contributed by atoms with Crippen LogP contribution in [0, 0.1) is 13.8 Å². The Morgan fingerprint density at radius 1 is 1.03 bits per heavy atom. The van der Waals surface area contributed by atoms with Crippen LogP contribution in [0.2, 0.25) is 0 Å². The molecule has 6 nitrogen and oxygen atoms in total. The van der Waals surface area contributed by atoms with Crippen molar-refractivity contribution in [1.29, 1.82) is 0 Å². The number of hydrogen-bond acceptors (Lipinski definition) is 5. The summed E-state index contributed by atoms with van der Waals surface area (Å²) in [5.41, 5.74) is 5.31. The van der Waals surface area contributed by atoms with Gasteiger partial charge in [-0.3, -0.25) is 9.59 Å². The number of benzene rings is 2. The van der Waals surface area contributed by atoms with E-state index in [9.17, 15) is 9.59 Å². The average Bonchev–Trinajstić information content (AvgIpc) is 2.72. The minimum Gasteiger partial charge on any atom is -0.469 e. The lowest BCUT2D eigenvalue weighted by Crippen LogP contribution is -2.44. The Bertz CT molecular complexity index is 1130. The van der Waals surface area contributed by atoms with Gasteiger partial charge in [-0.25, -0.2) is 9.97 Å². The van der Waals surface area contributed by atoms with Crippen molar-refractivity contribution in [2.24, 2.45) is 0 Å². The molecular weight excluding hydrogens is 366 g/mol. The molecule has 1 amide bonds. The Morgan fingerprint density at radius 3 is 2.45 bits per heavy atom. The maximum atomic E-state index is 13.5. The van der Waals surface area contributed by atoms with Crippen molar-refractivity contribution in [3.8, 4) is 0 Å². The zero-order chi connectivity index (χ0) is 20.7. The number of amides is 1. The summed E-state index contributed by atoms with van der Waals surface area (Å²) in [6.45, 7) is 5.79. The van der Waals surface area contributed by atoms with Gasteiger partial charge in [0.05, 0.1) is 35.4 Å². The molecule has 2 heterocycles. The number of rotatable bonds is 2. The quantitative estimate of drug-likeness (QED) is 0.621. The molecule has 3 aromatic rings. The van der Waals surface area contributed by atoms with E-state index in [0.717, 1.165) is 28.2 Å². The average molecular weight is 389 g/mol. The molecule has 29 heavy (non-hydrogen) atoms. The second kappa shape index (κ2) is 7.28. The summed E-state index contributed by atoms with van der Waals surface area (Å²) in [7, 11) is 1.40. The van der Waals surface area contributed by atoms with Crippen LogP contribution in [0.1, 0.15) is 46.6 Å². The third kappa shape index (κ3) is 3.24. The fraction of sp³-hybridized carbons (Fsp3) is 0.304. The lowest BCUT2D eigenvalue weighted by molar-refractivity contribution is -0.142. The zero-order valence-electron chi connectivity index (χ0n) is 17.0. The van der Waals surface area contributed by atoms with E-state index >= 15 is 0 Å². The lowest BCUT2D eigenvalue weighted by Gasteiger charge is -2.38. The molecule has 6 heteroatoms. The number of para-hydroxylation sites is 1. The Morgan fingerprint density at radius 2 is 1.72 bits per heavy atom. The second-order valence-electron chi connectivity index (χ2n) is 7.49. The van der Waals surface area contributed by atoms with Crippen LogP contribution in [0.4, 0.5) is 5.69 Å². The van der Waals surface area contributed by atoms with Crippen molar-refractivity contribution in [3.05, 3.63) is 65.0 Å². The van der Waals surface area contributed by atoms with Gasteiger partial charge in [-0.1, -0.05) is 18.2 Å². The monoisotopic (exact) mass is 389 g/mol. The van der Waals surface area contributed by atoms with Crippen LogP contribution in [0.15, 0.2) is 42.5 Å². The summed E-state index contributed by atoms with van der Waals surface area (Å²) in [6.07, 6.45) is 0.515. The molecule has 1 aliphatic heterocycles. The van der Waals surface area contributed by atoms with E-state index in [-0.39, 0.29) is 23.8 Å². The highest BCUT2D eigenvalue weighted by atomic mass is 16.5. The summed E-state index contributed by atoms with van der Waals surface area (Å²) in [6, 6.07) is 12.8. The summed E-state index contributed by atoms with van der Waals surface area (Å²) >= 11 is 0. The number of carbonyl (C=O) groups is 2. The summed E-state index contributed by atoms with van der Waals surface area (Å²) in [4.78, 5) is 36.6. The Labute approximate surface area is 169 Å².